The van der Waals surface area contributed by atoms with Gasteiger partial charge in [-0.3, -0.25) is 0 Å². The SMILES string of the molecule is Cc1ccc(F)c(OCc2cc(C(=O)O)c(C)o2)c1. The van der Waals surface area contributed by atoms with Crippen LogP contribution < -0.4 is 4.74 Å². The van der Waals surface area contributed by atoms with E-state index in [9.17, 15) is 9.18 Å². The Labute approximate surface area is 109 Å². The zero-order valence-corrected chi connectivity index (χ0v) is 10.6. The molecule has 0 bridgehead atoms. The first kappa shape index (κ1) is 13.1. The first-order valence-electron chi connectivity index (χ1n) is 5.69. The van der Waals surface area contributed by atoms with E-state index in [1.54, 1.807) is 19.1 Å². The van der Waals surface area contributed by atoms with E-state index >= 15 is 0 Å². The van der Waals surface area contributed by atoms with Crippen LogP contribution in [0.15, 0.2) is 28.7 Å². The van der Waals surface area contributed by atoms with Gasteiger partial charge in [0.05, 0.1) is 0 Å². The largest absolute Gasteiger partial charge is 0.483 e. The molecule has 0 amide bonds. The number of furan rings is 1. The number of rotatable bonds is 4. The molecule has 0 spiro atoms. The summed E-state index contributed by atoms with van der Waals surface area (Å²) in [7, 11) is 0. The third-order valence-corrected chi connectivity index (χ3v) is 2.66. The maximum atomic E-state index is 13.4. The van der Waals surface area contributed by atoms with E-state index in [0.717, 1.165) is 5.56 Å². The van der Waals surface area contributed by atoms with Gasteiger partial charge in [-0.1, -0.05) is 6.07 Å². The predicted molar refractivity (Wildman–Crippen MR) is 65.9 cm³/mol. The molecule has 1 aromatic heterocycles. The van der Waals surface area contributed by atoms with E-state index in [0.29, 0.717) is 11.5 Å². The molecule has 0 unspecified atom stereocenters. The Morgan fingerprint density at radius 1 is 1.37 bits per heavy atom. The van der Waals surface area contributed by atoms with Crippen LogP contribution >= 0.6 is 0 Å². The van der Waals surface area contributed by atoms with Gasteiger partial charge in [0, 0.05) is 0 Å². The summed E-state index contributed by atoms with van der Waals surface area (Å²) in [4.78, 5) is 10.8. The fourth-order valence-electron chi connectivity index (χ4n) is 1.70. The van der Waals surface area contributed by atoms with Gasteiger partial charge in [-0.25, -0.2) is 9.18 Å². The average molecular weight is 264 g/mol. The van der Waals surface area contributed by atoms with Crippen LogP contribution in [0.4, 0.5) is 4.39 Å². The Hall–Kier alpha value is -2.30. The van der Waals surface area contributed by atoms with Crippen LogP contribution in [0.25, 0.3) is 0 Å². The highest BCUT2D eigenvalue weighted by Crippen LogP contribution is 2.21. The third kappa shape index (κ3) is 2.93. The molecule has 1 N–H and O–H groups in total. The number of benzene rings is 1. The molecule has 0 radical (unpaired) electrons. The average Bonchev–Trinajstić information content (AvgIpc) is 2.72. The molecule has 0 atom stereocenters. The molecular formula is C14H13FO4. The molecule has 1 aromatic carbocycles. The van der Waals surface area contributed by atoms with E-state index in [2.05, 4.69) is 0 Å². The van der Waals surface area contributed by atoms with E-state index in [1.807, 2.05) is 6.92 Å². The Morgan fingerprint density at radius 2 is 2.11 bits per heavy atom. The fourth-order valence-corrected chi connectivity index (χ4v) is 1.70. The summed E-state index contributed by atoms with van der Waals surface area (Å²) >= 11 is 0. The van der Waals surface area contributed by atoms with Crippen LogP contribution in [0.3, 0.4) is 0 Å². The summed E-state index contributed by atoms with van der Waals surface area (Å²) in [5.74, 6) is -0.765. The topological polar surface area (TPSA) is 59.7 Å². The molecule has 19 heavy (non-hydrogen) atoms. The number of aryl methyl sites for hydroxylation is 2. The monoisotopic (exact) mass is 264 g/mol. The van der Waals surface area contributed by atoms with Gasteiger partial charge in [0.1, 0.15) is 23.7 Å². The van der Waals surface area contributed by atoms with Gasteiger partial charge >= 0.3 is 5.97 Å². The minimum absolute atomic E-state index is 0.0194. The highest BCUT2D eigenvalue weighted by atomic mass is 19.1. The fraction of sp³-hybridized carbons (Fsp3) is 0.214. The molecule has 0 fully saturated rings. The minimum Gasteiger partial charge on any atom is -0.483 e. The first-order chi connectivity index (χ1) is 8.97. The molecule has 5 heteroatoms. The number of carboxylic acids is 1. The van der Waals surface area contributed by atoms with Gasteiger partial charge in [-0.15, -0.1) is 0 Å². The van der Waals surface area contributed by atoms with Gasteiger partial charge in [0.25, 0.3) is 0 Å². The second-order valence-corrected chi connectivity index (χ2v) is 4.21. The summed E-state index contributed by atoms with van der Waals surface area (Å²) in [6.07, 6.45) is 0. The normalized spacial score (nSPS) is 10.5. The maximum absolute atomic E-state index is 13.4. The predicted octanol–water partition coefficient (Wildman–Crippen LogP) is 3.31. The van der Waals surface area contributed by atoms with Crippen molar-refractivity contribution in [2.75, 3.05) is 0 Å². The van der Waals surface area contributed by atoms with Crippen LogP contribution in [0, 0.1) is 19.7 Å². The van der Waals surface area contributed by atoms with Crippen molar-refractivity contribution in [3.63, 3.8) is 0 Å². The smallest absolute Gasteiger partial charge is 0.339 e. The Balaban J connectivity index is 2.12. The molecule has 0 aliphatic carbocycles. The van der Waals surface area contributed by atoms with Crippen molar-refractivity contribution in [2.24, 2.45) is 0 Å². The second kappa shape index (κ2) is 5.14. The quantitative estimate of drug-likeness (QED) is 0.920. The van der Waals surface area contributed by atoms with Crippen molar-refractivity contribution in [1.29, 1.82) is 0 Å². The molecule has 100 valence electrons. The van der Waals surface area contributed by atoms with Gasteiger partial charge < -0.3 is 14.3 Å². The van der Waals surface area contributed by atoms with E-state index in [4.69, 9.17) is 14.3 Å². The van der Waals surface area contributed by atoms with Gasteiger partial charge in [-0.05, 0) is 37.6 Å². The van der Waals surface area contributed by atoms with Crippen LogP contribution in [-0.4, -0.2) is 11.1 Å². The van der Waals surface area contributed by atoms with Crippen LogP contribution in [0.1, 0.15) is 27.4 Å². The van der Waals surface area contributed by atoms with Crippen molar-refractivity contribution in [3.05, 3.63) is 52.7 Å². The van der Waals surface area contributed by atoms with Crippen LogP contribution in [0.5, 0.6) is 5.75 Å². The summed E-state index contributed by atoms with van der Waals surface area (Å²) in [6.45, 7) is 3.36. The molecule has 0 saturated carbocycles. The lowest BCUT2D eigenvalue weighted by Gasteiger charge is -2.06. The number of carbonyl (C=O) groups is 1. The lowest BCUT2D eigenvalue weighted by atomic mass is 10.2. The van der Waals surface area contributed by atoms with Crippen molar-refractivity contribution in [2.45, 2.75) is 20.5 Å². The number of aromatic carboxylic acids is 1. The molecule has 1 heterocycles. The Morgan fingerprint density at radius 3 is 2.74 bits per heavy atom. The van der Waals surface area contributed by atoms with Crippen molar-refractivity contribution < 1.29 is 23.4 Å². The zero-order chi connectivity index (χ0) is 14.0. The molecule has 0 saturated heterocycles. The lowest BCUT2D eigenvalue weighted by Crippen LogP contribution is -1.97. The molecule has 0 aliphatic heterocycles. The Kier molecular flexibility index (Phi) is 3.55. The van der Waals surface area contributed by atoms with Gasteiger partial charge in [0.15, 0.2) is 11.6 Å². The summed E-state index contributed by atoms with van der Waals surface area (Å²) in [5, 5.41) is 8.88. The number of hydrogen-bond donors (Lipinski definition) is 1. The van der Waals surface area contributed by atoms with E-state index in [1.165, 1.54) is 12.1 Å². The summed E-state index contributed by atoms with van der Waals surface area (Å²) in [6, 6.07) is 5.91. The molecule has 4 nitrogen and oxygen atoms in total. The van der Waals surface area contributed by atoms with Crippen molar-refractivity contribution in [3.8, 4) is 5.75 Å². The van der Waals surface area contributed by atoms with Crippen LogP contribution in [0.2, 0.25) is 0 Å². The van der Waals surface area contributed by atoms with Crippen molar-refractivity contribution in [1.82, 2.24) is 0 Å². The molecule has 0 aliphatic rings. The Bertz CT molecular complexity index is 616. The highest BCUT2D eigenvalue weighted by Gasteiger charge is 2.14. The molecule has 2 aromatic rings. The first-order valence-corrected chi connectivity index (χ1v) is 5.69. The van der Waals surface area contributed by atoms with Gasteiger partial charge in [-0.2, -0.15) is 0 Å². The minimum atomic E-state index is -1.06. The third-order valence-electron chi connectivity index (χ3n) is 2.66. The summed E-state index contributed by atoms with van der Waals surface area (Å²) < 4.78 is 24.0. The van der Waals surface area contributed by atoms with Crippen molar-refractivity contribution >= 4 is 5.97 Å². The molecular weight excluding hydrogens is 251 g/mol. The number of halogens is 1. The number of hydrogen-bond acceptors (Lipinski definition) is 3. The van der Waals surface area contributed by atoms with E-state index in [-0.39, 0.29) is 17.9 Å². The van der Waals surface area contributed by atoms with E-state index < -0.39 is 11.8 Å². The maximum Gasteiger partial charge on any atom is 0.339 e. The zero-order valence-electron chi connectivity index (χ0n) is 10.6. The van der Waals surface area contributed by atoms with Crippen LogP contribution in [-0.2, 0) is 6.61 Å². The number of carboxylic acid groups (broad SMARTS) is 1. The highest BCUT2D eigenvalue weighted by molar-refractivity contribution is 5.88. The number of ether oxygens (including phenoxy) is 1. The standard InChI is InChI=1S/C14H13FO4/c1-8-3-4-12(15)13(5-8)18-7-10-6-11(14(16)17)9(2)19-10/h3-6H,7H2,1-2H3,(H,16,17). The second-order valence-electron chi connectivity index (χ2n) is 4.21. The molecule has 2 rings (SSSR count). The van der Waals surface area contributed by atoms with Gasteiger partial charge in [0.2, 0.25) is 0 Å². The lowest BCUT2D eigenvalue weighted by molar-refractivity contribution is 0.0695. The summed E-state index contributed by atoms with van der Waals surface area (Å²) in [5.41, 5.74) is 0.960.